The highest BCUT2D eigenvalue weighted by molar-refractivity contribution is 7.91. The molecule has 1 N–H and O–H groups in total. The van der Waals surface area contributed by atoms with Gasteiger partial charge in [-0.1, -0.05) is 0 Å². The summed E-state index contributed by atoms with van der Waals surface area (Å²) in [6.07, 6.45) is 4.67. The van der Waals surface area contributed by atoms with Crippen molar-refractivity contribution in [1.82, 2.24) is 15.3 Å². The molecule has 1 aliphatic rings. The molecule has 17 heavy (non-hydrogen) atoms. The van der Waals surface area contributed by atoms with Crippen LogP contribution in [0, 0.1) is 0 Å². The Balaban J connectivity index is 2.10. The Labute approximate surface area is 99.4 Å². The number of rotatable bonds is 2. The number of amides is 1. The summed E-state index contributed by atoms with van der Waals surface area (Å²) in [5.74, 6) is -0.298. The average molecular weight is 255 g/mol. The van der Waals surface area contributed by atoms with Crippen LogP contribution in [0.15, 0.2) is 18.6 Å². The first-order chi connectivity index (χ1) is 7.90. The number of aromatic nitrogens is 2. The second-order valence-corrected chi connectivity index (χ2v) is 6.63. The van der Waals surface area contributed by atoms with E-state index in [0.29, 0.717) is 6.42 Å². The summed E-state index contributed by atoms with van der Waals surface area (Å²) in [6, 6.07) is 0. The van der Waals surface area contributed by atoms with Crippen LogP contribution in [-0.4, -0.2) is 41.3 Å². The molecule has 0 aliphatic carbocycles. The zero-order chi connectivity index (χ0) is 12.5. The molecular formula is C10H13N3O3S. The summed E-state index contributed by atoms with van der Waals surface area (Å²) < 4.78 is 22.8. The maximum Gasteiger partial charge on any atom is 0.271 e. The Morgan fingerprint density at radius 3 is 2.76 bits per heavy atom. The van der Waals surface area contributed by atoms with E-state index in [4.69, 9.17) is 0 Å². The molecular weight excluding hydrogens is 242 g/mol. The zero-order valence-electron chi connectivity index (χ0n) is 9.38. The van der Waals surface area contributed by atoms with Crippen LogP contribution >= 0.6 is 0 Å². The fraction of sp³-hybridized carbons (Fsp3) is 0.500. The van der Waals surface area contributed by atoms with E-state index in [1.807, 2.05) is 0 Å². The van der Waals surface area contributed by atoms with Gasteiger partial charge in [-0.2, -0.15) is 0 Å². The molecule has 0 saturated carbocycles. The van der Waals surface area contributed by atoms with Gasteiger partial charge in [0.15, 0.2) is 9.84 Å². The predicted molar refractivity (Wildman–Crippen MR) is 61.2 cm³/mol. The quantitative estimate of drug-likeness (QED) is 0.789. The molecule has 0 aromatic carbocycles. The predicted octanol–water partition coefficient (Wildman–Crippen LogP) is -0.216. The summed E-state index contributed by atoms with van der Waals surface area (Å²) in [5, 5.41) is 2.71. The first-order valence-electron chi connectivity index (χ1n) is 5.19. The summed E-state index contributed by atoms with van der Waals surface area (Å²) in [7, 11) is -3.03. The molecule has 0 bridgehead atoms. The normalized spacial score (nSPS) is 26.6. The van der Waals surface area contributed by atoms with E-state index >= 15 is 0 Å². The third-order valence-electron chi connectivity index (χ3n) is 2.71. The van der Waals surface area contributed by atoms with Gasteiger partial charge in [0.05, 0.1) is 23.2 Å². The topological polar surface area (TPSA) is 89.0 Å². The number of hydrogen-bond acceptors (Lipinski definition) is 5. The van der Waals surface area contributed by atoms with Crippen molar-refractivity contribution in [2.24, 2.45) is 0 Å². The van der Waals surface area contributed by atoms with Gasteiger partial charge in [-0.3, -0.25) is 9.78 Å². The number of nitrogens with zero attached hydrogens (tertiary/aromatic N) is 2. The third-order valence-corrected chi connectivity index (χ3v) is 4.62. The molecule has 1 aromatic heterocycles. The lowest BCUT2D eigenvalue weighted by atomic mass is 10.0. The Morgan fingerprint density at radius 1 is 1.47 bits per heavy atom. The first kappa shape index (κ1) is 12.0. The van der Waals surface area contributed by atoms with E-state index in [-0.39, 0.29) is 17.2 Å². The summed E-state index contributed by atoms with van der Waals surface area (Å²) in [5.41, 5.74) is -0.508. The molecule has 1 unspecified atom stereocenters. The highest BCUT2D eigenvalue weighted by Crippen LogP contribution is 2.22. The smallest absolute Gasteiger partial charge is 0.271 e. The fourth-order valence-corrected chi connectivity index (χ4v) is 3.96. The number of sulfone groups is 1. The largest absolute Gasteiger partial charge is 0.344 e. The van der Waals surface area contributed by atoms with Gasteiger partial charge in [0.25, 0.3) is 5.91 Å². The van der Waals surface area contributed by atoms with Gasteiger partial charge < -0.3 is 5.32 Å². The molecule has 2 heterocycles. The number of hydrogen-bond donors (Lipinski definition) is 1. The van der Waals surface area contributed by atoms with Crippen molar-refractivity contribution < 1.29 is 13.2 Å². The summed E-state index contributed by atoms with van der Waals surface area (Å²) in [6.45, 7) is 1.73. The van der Waals surface area contributed by atoms with Crippen molar-refractivity contribution in [2.75, 3.05) is 11.5 Å². The van der Waals surface area contributed by atoms with Crippen molar-refractivity contribution in [2.45, 2.75) is 18.9 Å². The van der Waals surface area contributed by atoms with Crippen LogP contribution in [0.25, 0.3) is 0 Å². The summed E-state index contributed by atoms with van der Waals surface area (Å²) in [4.78, 5) is 19.5. The van der Waals surface area contributed by atoms with Gasteiger partial charge in [-0.05, 0) is 13.3 Å². The molecule has 2 rings (SSSR count). The lowest BCUT2D eigenvalue weighted by Gasteiger charge is -2.23. The minimum atomic E-state index is -3.03. The maximum absolute atomic E-state index is 11.8. The highest BCUT2D eigenvalue weighted by atomic mass is 32.2. The molecule has 1 aliphatic heterocycles. The average Bonchev–Trinajstić information content (AvgIpc) is 2.54. The van der Waals surface area contributed by atoms with Crippen LogP contribution in [0.3, 0.4) is 0 Å². The van der Waals surface area contributed by atoms with Gasteiger partial charge in [0, 0.05) is 12.4 Å². The first-order valence-corrected chi connectivity index (χ1v) is 7.01. The van der Waals surface area contributed by atoms with Crippen molar-refractivity contribution >= 4 is 15.7 Å². The zero-order valence-corrected chi connectivity index (χ0v) is 10.2. The van der Waals surface area contributed by atoms with Crippen molar-refractivity contribution in [1.29, 1.82) is 0 Å². The number of carbonyl (C=O) groups excluding carboxylic acids is 1. The minimum Gasteiger partial charge on any atom is -0.344 e. The number of nitrogens with one attached hydrogen (secondary N) is 1. The molecule has 92 valence electrons. The third kappa shape index (κ3) is 2.79. The van der Waals surface area contributed by atoms with Crippen molar-refractivity contribution in [3.8, 4) is 0 Å². The molecule has 1 fully saturated rings. The molecule has 1 aromatic rings. The van der Waals surface area contributed by atoms with E-state index < -0.39 is 21.3 Å². The SMILES string of the molecule is CC1(NC(=O)c2cnccn2)CCS(=O)(=O)C1. The Morgan fingerprint density at radius 2 is 2.24 bits per heavy atom. The monoisotopic (exact) mass is 255 g/mol. The Hall–Kier alpha value is -1.50. The second kappa shape index (κ2) is 4.06. The molecule has 0 radical (unpaired) electrons. The molecule has 1 amide bonds. The lowest BCUT2D eigenvalue weighted by molar-refractivity contribution is 0.0910. The fourth-order valence-electron chi connectivity index (χ4n) is 1.86. The molecule has 1 saturated heterocycles. The van der Waals surface area contributed by atoms with Crippen LogP contribution in [0.5, 0.6) is 0 Å². The molecule has 6 nitrogen and oxygen atoms in total. The highest BCUT2D eigenvalue weighted by Gasteiger charge is 2.39. The van der Waals surface area contributed by atoms with Gasteiger partial charge in [0.2, 0.25) is 0 Å². The maximum atomic E-state index is 11.8. The van der Waals surface area contributed by atoms with Gasteiger partial charge in [0.1, 0.15) is 5.69 Å². The number of carbonyl (C=O) groups is 1. The van der Waals surface area contributed by atoms with E-state index in [1.165, 1.54) is 18.6 Å². The minimum absolute atomic E-state index is 0.0218. The standard InChI is InChI=1S/C10H13N3O3S/c1-10(2-5-17(15,16)7-10)13-9(14)8-6-11-3-4-12-8/h3-4,6H,2,5,7H2,1H3,(H,13,14). The van der Waals surface area contributed by atoms with E-state index in [1.54, 1.807) is 6.92 Å². The van der Waals surface area contributed by atoms with E-state index in [0.717, 1.165) is 0 Å². The van der Waals surface area contributed by atoms with Gasteiger partial charge in [-0.15, -0.1) is 0 Å². The van der Waals surface area contributed by atoms with Crippen LogP contribution in [-0.2, 0) is 9.84 Å². The Kier molecular flexibility index (Phi) is 2.86. The second-order valence-electron chi connectivity index (χ2n) is 4.45. The molecule has 7 heteroatoms. The van der Waals surface area contributed by atoms with Crippen LogP contribution in [0.4, 0.5) is 0 Å². The van der Waals surface area contributed by atoms with E-state index in [2.05, 4.69) is 15.3 Å². The van der Waals surface area contributed by atoms with Crippen LogP contribution < -0.4 is 5.32 Å². The molecule has 1 atom stereocenters. The molecule has 0 spiro atoms. The van der Waals surface area contributed by atoms with Gasteiger partial charge in [-0.25, -0.2) is 13.4 Å². The van der Waals surface area contributed by atoms with Crippen molar-refractivity contribution in [3.05, 3.63) is 24.3 Å². The van der Waals surface area contributed by atoms with Crippen LogP contribution in [0.1, 0.15) is 23.8 Å². The van der Waals surface area contributed by atoms with Crippen molar-refractivity contribution in [3.63, 3.8) is 0 Å². The Bertz CT molecular complexity index is 529. The summed E-state index contributed by atoms with van der Waals surface area (Å²) >= 11 is 0. The van der Waals surface area contributed by atoms with Crippen LogP contribution in [0.2, 0.25) is 0 Å². The lowest BCUT2D eigenvalue weighted by Crippen LogP contribution is -2.47. The van der Waals surface area contributed by atoms with Gasteiger partial charge >= 0.3 is 0 Å². The van der Waals surface area contributed by atoms with E-state index in [9.17, 15) is 13.2 Å².